The minimum atomic E-state index is -3.82. The monoisotopic (exact) mass is 394 g/mol. The summed E-state index contributed by atoms with van der Waals surface area (Å²) in [5, 5.41) is 2.71. The molecular weight excluding hydrogens is 376 g/mol. The van der Waals surface area contributed by atoms with E-state index in [4.69, 9.17) is 0 Å². The number of ketones is 1. The zero-order valence-corrected chi connectivity index (χ0v) is 15.9. The van der Waals surface area contributed by atoms with E-state index in [2.05, 4.69) is 10.0 Å². The molecule has 0 spiro atoms. The van der Waals surface area contributed by atoms with Crippen molar-refractivity contribution in [3.8, 4) is 0 Å². The van der Waals surface area contributed by atoms with Crippen molar-refractivity contribution < 1.29 is 18.0 Å². The molecule has 0 unspecified atom stereocenters. The summed E-state index contributed by atoms with van der Waals surface area (Å²) in [6, 6.07) is 20.7. The van der Waals surface area contributed by atoms with Crippen LogP contribution in [0.1, 0.15) is 27.6 Å². The van der Waals surface area contributed by atoms with Gasteiger partial charge in [0, 0.05) is 11.3 Å². The van der Waals surface area contributed by atoms with Crippen LogP contribution in [0.15, 0.2) is 83.8 Å². The average Bonchev–Trinajstić information content (AvgIpc) is 2.69. The molecule has 0 fully saturated rings. The normalized spacial score (nSPS) is 10.9. The Morgan fingerprint density at radius 3 is 2.04 bits per heavy atom. The summed E-state index contributed by atoms with van der Waals surface area (Å²) in [6.45, 7) is 1.46. The largest absolute Gasteiger partial charge is 0.322 e. The van der Waals surface area contributed by atoms with Crippen molar-refractivity contribution in [2.75, 3.05) is 10.0 Å². The molecule has 7 heteroatoms. The number of hydrogen-bond donors (Lipinski definition) is 2. The lowest BCUT2D eigenvalue weighted by atomic mass is 10.1. The van der Waals surface area contributed by atoms with E-state index in [-0.39, 0.29) is 21.9 Å². The van der Waals surface area contributed by atoms with Gasteiger partial charge in [0.2, 0.25) is 0 Å². The van der Waals surface area contributed by atoms with Crippen LogP contribution in [0.25, 0.3) is 0 Å². The van der Waals surface area contributed by atoms with Crippen LogP contribution in [0.2, 0.25) is 0 Å². The first-order valence-electron chi connectivity index (χ1n) is 8.46. The number of benzene rings is 3. The van der Waals surface area contributed by atoms with Gasteiger partial charge in [0.25, 0.3) is 15.9 Å². The molecular formula is C21H18N2O4S. The fourth-order valence-corrected chi connectivity index (χ4v) is 3.66. The predicted octanol–water partition coefficient (Wildman–Crippen LogP) is 3.94. The van der Waals surface area contributed by atoms with E-state index in [0.29, 0.717) is 11.3 Å². The van der Waals surface area contributed by atoms with Gasteiger partial charge in [-0.2, -0.15) is 0 Å². The Labute approximate surface area is 163 Å². The summed E-state index contributed by atoms with van der Waals surface area (Å²) in [4.78, 5) is 24.1. The molecule has 3 aromatic rings. The zero-order chi connectivity index (χ0) is 20.1. The van der Waals surface area contributed by atoms with Crippen molar-refractivity contribution in [2.45, 2.75) is 11.8 Å². The third-order valence-corrected chi connectivity index (χ3v) is 5.40. The van der Waals surface area contributed by atoms with E-state index < -0.39 is 15.9 Å². The molecule has 0 atom stereocenters. The van der Waals surface area contributed by atoms with Gasteiger partial charge in [0.1, 0.15) is 0 Å². The first-order chi connectivity index (χ1) is 13.4. The van der Waals surface area contributed by atoms with Crippen LogP contribution < -0.4 is 10.0 Å². The Morgan fingerprint density at radius 1 is 0.786 bits per heavy atom. The number of para-hydroxylation sites is 1. The molecule has 0 bridgehead atoms. The number of nitrogens with one attached hydrogen (secondary N) is 2. The van der Waals surface area contributed by atoms with Gasteiger partial charge in [0.05, 0.1) is 16.1 Å². The van der Waals surface area contributed by atoms with Crippen LogP contribution in [0.4, 0.5) is 11.4 Å². The van der Waals surface area contributed by atoms with E-state index in [0.717, 1.165) is 0 Å². The molecule has 0 radical (unpaired) electrons. The fourth-order valence-electron chi connectivity index (χ4n) is 2.56. The summed E-state index contributed by atoms with van der Waals surface area (Å²) in [7, 11) is -3.82. The molecule has 0 saturated heterocycles. The Morgan fingerprint density at radius 2 is 1.39 bits per heavy atom. The summed E-state index contributed by atoms with van der Waals surface area (Å²) in [6.07, 6.45) is 0. The second-order valence-electron chi connectivity index (χ2n) is 6.05. The first-order valence-corrected chi connectivity index (χ1v) is 9.94. The van der Waals surface area contributed by atoms with Crippen LogP contribution in [-0.4, -0.2) is 20.1 Å². The number of amides is 1. The molecule has 2 N–H and O–H groups in total. The molecule has 0 aromatic heterocycles. The van der Waals surface area contributed by atoms with Crippen molar-refractivity contribution in [1.29, 1.82) is 0 Å². The zero-order valence-electron chi connectivity index (χ0n) is 15.0. The molecule has 3 aromatic carbocycles. The van der Waals surface area contributed by atoms with Crippen LogP contribution in [0.3, 0.4) is 0 Å². The topological polar surface area (TPSA) is 92.3 Å². The van der Waals surface area contributed by atoms with Gasteiger partial charge in [-0.05, 0) is 55.5 Å². The van der Waals surface area contributed by atoms with Gasteiger partial charge in [-0.25, -0.2) is 8.42 Å². The standard InChI is InChI=1S/C21H18N2O4S/c1-15(24)16-11-13-17(14-12-16)22-21(25)19-9-5-6-10-20(19)23-28(26,27)18-7-3-2-4-8-18/h2-14,23H,1H3,(H,22,25). The van der Waals surface area contributed by atoms with E-state index >= 15 is 0 Å². The van der Waals surface area contributed by atoms with Crippen LogP contribution in [0.5, 0.6) is 0 Å². The lowest BCUT2D eigenvalue weighted by Gasteiger charge is -2.13. The highest BCUT2D eigenvalue weighted by molar-refractivity contribution is 7.92. The van der Waals surface area contributed by atoms with Gasteiger partial charge in [-0.15, -0.1) is 0 Å². The van der Waals surface area contributed by atoms with E-state index in [1.165, 1.54) is 31.2 Å². The van der Waals surface area contributed by atoms with Gasteiger partial charge >= 0.3 is 0 Å². The number of anilines is 2. The van der Waals surface area contributed by atoms with Crippen molar-refractivity contribution in [2.24, 2.45) is 0 Å². The SMILES string of the molecule is CC(=O)c1ccc(NC(=O)c2ccccc2NS(=O)(=O)c2ccccc2)cc1. The summed E-state index contributed by atoms with van der Waals surface area (Å²) in [5.41, 5.74) is 1.38. The van der Waals surface area contributed by atoms with E-state index in [1.54, 1.807) is 54.6 Å². The van der Waals surface area contributed by atoms with Gasteiger partial charge in [-0.3, -0.25) is 14.3 Å². The average molecular weight is 394 g/mol. The maximum Gasteiger partial charge on any atom is 0.261 e. The first kappa shape index (κ1) is 19.3. The summed E-state index contributed by atoms with van der Waals surface area (Å²) < 4.78 is 27.6. The Hall–Kier alpha value is -3.45. The maximum absolute atomic E-state index is 12.7. The number of carbonyl (C=O) groups excluding carboxylic acids is 2. The summed E-state index contributed by atoms with van der Waals surface area (Å²) in [5.74, 6) is -0.541. The van der Waals surface area contributed by atoms with Crippen LogP contribution >= 0.6 is 0 Å². The minimum absolute atomic E-state index is 0.0708. The molecule has 0 aliphatic rings. The molecule has 142 valence electrons. The minimum Gasteiger partial charge on any atom is -0.322 e. The fraction of sp³-hybridized carbons (Fsp3) is 0.0476. The second-order valence-corrected chi connectivity index (χ2v) is 7.73. The Kier molecular flexibility index (Phi) is 5.56. The highest BCUT2D eigenvalue weighted by Crippen LogP contribution is 2.21. The van der Waals surface area contributed by atoms with Crippen molar-refractivity contribution in [3.63, 3.8) is 0 Å². The molecule has 6 nitrogen and oxygen atoms in total. The second kappa shape index (κ2) is 8.06. The molecule has 28 heavy (non-hydrogen) atoms. The lowest BCUT2D eigenvalue weighted by molar-refractivity contribution is 0.101. The Bertz CT molecular complexity index is 1110. The number of sulfonamides is 1. The molecule has 0 heterocycles. The number of hydrogen-bond acceptors (Lipinski definition) is 4. The molecule has 3 rings (SSSR count). The van der Waals surface area contributed by atoms with Crippen LogP contribution in [0, 0.1) is 0 Å². The Balaban J connectivity index is 1.83. The van der Waals surface area contributed by atoms with Gasteiger partial charge < -0.3 is 5.32 Å². The van der Waals surface area contributed by atoms with Crippen LogP contribution in [-0.2, 0) is 10.0 Å². The van der Waals surface area contributed by atoms with Crippen molar-refractivity contribution in [3.05, 3.63) is 90.0 Å². The summed E-state index contributed by atoms with van der Waals surface area (Å²) >= 11 is 0. The number of carbonyl (C=O) groups is 2. The predicted molar refractivity (Wildman–Crippen MR) is 108 cm³/mol. The van der Waals surface area contributed by atoms with Gasteiger partial charge in [0.15, 0.2) is 5.78 Å². The van der Waals surface area contributed by atoms with Crippen molar-refractivity contribution in [1.82, 2.24) is 0 Å². The van der Waals surface area contributed by atoms with E-state index in [1.807, 2.05) is 0 Å². The maximum atomic E-state index is 12.7. The third-order valence-electron chi connectivity index (χ3n) is 4.02. The molecule has 1 amide bonds. The number of Topliss-reactive ketones (excluding diaryl/α,β-unsaturated/α-hetero) is 1. The molecule has 0 aliphatic carbocycles. The highest BCUT2D eigenvalue weighted by Gasteiger charge is 2.18. The van der Waals surface area contributed by atoms with Crippen molar-refractivity contribution >= 4 is 33.1 Å². The highest BCUT2D eigenvalue weighted by atomic mass is 32.2. The quantitative estimate of drug-likeness (QED) is 0.620. The van der Waals surface area contributed by atoms with Gasteiger partial charge in [-0.1, -0.05) is 30.3 Å². The third kappa shape index (κ3) is 4.44. The lowest BCUT2D eigenvalue weighted by Crippen LogP contribution is -2.18. The molecule has 0 saturated carbocycles. The van der Waals surface area contributed by atoms with E-state index in [9.17, 15) is 18.0 Å². The number of rotatable bonds is 6. The molecule has 0 aliphatic heterocycles. The smallest absolute Gasteiger partial charge is 0.261 e.